The van der Waals surface area contributed by atoms with Crippen LogP contribution in [0.3, 0.4) is 0 Å². The van der Waals surface area contributed by atoms with Gasteiger partial charge in [0.1, 0.15) is 24.0 Å². The third-order valence-electron chi connectivity index (χ3n) is 7.80. The Morgan fingerprint density at radius 3 is 2.27 bits per heavy atom. The van der Waals surface area contributed by atoms with E-state index in [0.717, 1.165) is 35.2 Å². The van der Waals surface area contributed by atoms with Crippen molar-refractivity contribution in [1.29, 1.82) is 0 Å². The summed E-state index contributed by atoms with van der Waals surface area (Å²) in [6, 6.07) is 27.3. The number of carbonyl (C=O) groups excluding carboxylic acids is 2. The Labute approximate surface area is 229 Å². The lowest BCUT2D eigenvalue weighted by Crippen LogP contribution is -2.39. The molecule has 0 bridgehead atoms. The summed E-state index contributed by atoms with van der Waals surface area (Å²) in [6.07, 6.45) is -3.00. The van der Waals surface area contributed by atoms with E-state index in [1.807, 2.05) is 48.5 Å². The van der Waals surface area contributed by atoms with Crippen molar-refractivity contribution in [2.45, 2.75) is 37.5 Å². The van der Waals surface area contributed by atoms with Crippen LogP contribution in [0.4, 0.5) is 13.2 Å². The maximum absolute atomic E-state index is 13.5. The van der Waals surface area contributed by atoms with Gasteiger partial charge in [-0.2, -0.15) is 13.2 Å². The van der Waals surface area contributed by atoms with Crippen LogP contribution in [0.2, 0.25) is 0 Å². The third kappa shape index (κ3) is 4.99. The summed E-state index contributed by atoms with van der Waals surface area (Å²) < 4.78 is 49.8. The zero-order valence-corrected chi connectivity index (χ0v) is 21.4. The van der Waals surface area contributed by atoms with Crippen molar-refractivity contribution in [3.8, 4) is 11.5 Å². The molecule has 4 aromatic carbocycles. The summed E-state index contributed by atoms with van der Waals surface area (Å²) in [5, 5.41) is 0. The van der Waals surface area contributed by atoms with Gasteiger partial charge in [-0.3, -0.25) is 9.59 Å². The Morgan fingerprint density at radius 1 is 0.825 bits per heavy atom. The number of ether oxygens (including phenoxy) is 2. The highest BCUT2D eigenvalue weighted by Gasteiger charge is 2.45. The van der Waals surface area contributed by atoms with Gasteiger partial charge >= 0.3 is 12.1 Å². The minimum Gasteiger partial charge on any atom is -0.489 e. The van der Waals surface area contributed by atoms with Gasteiger partial charge in [0.2, 0.25) is 0 Å². The lowest BCUT2D eigenvalue weighted by molar-refractivity contribution is -0.139. The molecule has 4 nitrogen and oxygen atoms in total. The second kappa shape index (κ2) is 10.3. The van der Waals surface area contributed by atoms with Gasteiger partial charge in [-0.15, -0.1) is 0 Å². The highest BCUT2D eigenvalue weighted by molar-refractivity contribution is 6.14. The van der Waals surface area contributed by atoms with E-state index in [9.17, 15) is 22.8 Å². The van der Waals surface area contributed by atoms with E-state index >= 15 is 0 Å². The Balaban J connectivity index is 1.20. The molecule has 0 N–H and O–H groups in total. The van der Waals surface area contributed by atoms with Crippen LogP contribution < -0.4 is 9.47 Å². The van der Waals surface area contributed by atoms with Crippen LogP contribution in [0.1, 0.15) is 56.4 Å². The molecule has 0 amide bonds. The van der Waals surface area contributed by atoms with E-state index in [-0.39, 0.29) is 24.2 Å². The summed E-state index contributed by atoms with van der Waals surface area (Å²) in [4.78, 5) is 26.6. The van der Waals surface area contributed by atoms with E-state index in [1.54, 1.807) is 24.3 Å². The standard InChI is InChI=1S/C33H25F3O4/c34-33(35,36)24-13-9-20(10-14-24)19-39-25-15-11-21(12-16-25)23-17-22-5-1-2-6-26(22)28(18-23)30-31(37)27-7-3-4-8-29(27)40-32(30)38/h1-16,23,28,30H,17-19H2. The average Bonchev–Trinajstić information content (AvgIpc) is 2.96. The van der Waals surface area contributed by atoms with Crippen LogP contribution >= 0.6 is 0 Å². The molecule has 0 fully saturated rings. The van der Waals surface area contributed by atoms with Gasteiger partial charge in [0.15, 0.2) is 5.78 Å². The number of halogens is 3. The van der Waals surface area contributed by atoms with E-state index < -0.39 is 23.6 Å². The van der Waals surface area contributed by atoms with Gasteiger partial charge in [-0.05, 0) is 77.4 Å². The fourth-order valence-electron chi connectivity index (χ4n) is 5.78. The maximum Gasteiger partial charge on any atom is 0.416 e. The van der Waals surface area contributed by atoms with Crippen molar-refractivity contribution in [3.63, 3.8) is 0 Å². The molecule has 0 aromatic heterocycles. The summed E-state index contributed by atoms with van der Waals surface area (Å²) in [7, 11) is 0. The average molecular weight is 543 g/mol. The zero-order chi connectivity index (χ0) is 27.9. The first kappa shape index (κ1) is 25.9. The highest BCUT2D eigenvalue weighted by atomic mass is 19.4. The molecule has 0 saturated carbocycles. The van der Waals surface area contributed by atoms with Crippen LogP contribution in [0.15, 0.2) is 97.1 Å². The number of carbonyl (C=O) groups is 2. The normalized spacial score (nSPS) is 20.3. The van der Waals surface area contributed by atoms with Crippen LogP contribution in [-0.2, 0) is 24.0 Å². The molecule has 0 radical (unpaired) electrons. The lowest BCUT2D eigenvalue weighted by Gasteiger charge is -2.36. The summed E-state index contributed by atoms with van der Waals surface area (Å²) in [5.74, 6) is -0.985. The van der Waals surface area contributed by atoms with E-state index in [0.29, 0.717) is 29.0 Å². The van der Waals surface area contributed by atoms with Crippen LogP contribution in [0, 0.1) is 5.92 Å². The number of alkyl halides is 3. The second-order valence-corrected chi connectivity index (χ2v) is 10.3. The molecule has 4 aromatic rings. The first-order chi connectivity index (χ1) is 19.3. The SMILES string of the molecule is O=C1Oc2ccccc2C(=O)C1C1CC(c2ccc(OCc3ccc(C(F)(F)F)cc3)cc2)Cc2ccccc21. The molecule has 1 aliphatic carbocycles. The number of ketones is 1. The summed E-state index contributed by atoms with van der Waals surface area (Å²) in [5.41, 5.74) is 3.53. The summed E-state index contributed by atoms with van der Waals surface area (Å²) >= 11 is 0. The van der Waals surface area contributed by atoms with Crippen molar-refractivity contribution >= 4 is 11.8 Å². The molecular formula is C33H25F3O4. The molecule has 202 valence electrons. The van der Waals surface area contributed by atoms with Gasteiger partial charge in [-0.1, -0.05) is 60.7 Å². The van der Waals surface area contributed by atoms with Crippen molar-refractivity contribution in [2.24, 2.45) is 5.92 Å². The van der Waals surface area contributed by atoms with E-state index in [2.05, 4.69) is 0 Å². The van der Waals surface area contributed by atoms with Crippen LogP contribution in [0.5, 0.6) is 11.5 Å². The number of fused-ring (bicyclic) bond motifs is 2. The minimum atomic E-state index is -4.37. The molecule has 40 heavy (non-hydrogen) atoms. The first-order valence-corrected chi connectivity index (χ1v) is 13.1. The number of para-hydroxylation sites is 1. The number of hydrogen-bond donors (Lipinski definition) is 0. The van der Waals surface area contributed by atoms with Gasteiger partial charge in [0.25, 0.3) is 0 Å². The smallest absolute Gasteiger partial charge is 0.416 e. The fourth-order valence-corrected chi connectivity index (χ4v) is 5.78. The Bertz CT molecular complexity index is 1560. The monoisotopic (exact) mass is 542 g/mol. The molecule has 0 saturated heterocycles. The lowest BCUT2D eigenvalue weighted by atomic mass is 9.68. The predicted molar refractivity (Wildman–Crippen MR) is 142 cm³/mol. The third-order valence-corrected chi connectivity index (χ3v) is 7.80. The quantitative estimate of drug-likeness (QED) is 0.149. The van der Waals surface area contributed by atoms with Gasteiger partial charge in [0.05, 0.1) is 11.1 Å². The molecule has 3 atom stereocenters. The van der Waals surface area contributed by atoms with Crippen molar-refractivity contribution < 1.29 is 32.2 Å². The predicted octanol–water partition coefficient (Wildman–Crippen LogP) is 7.52. The van der Waals surface area contributed by atoms with Crippen molar-refractivity contribution in [3.05, 3.63) is 130 Å². The second-order valence-electron chi connectivity index (χ2n) is 10.3. The number of rotatable bonds is 5. The minimum absolute atomic E-state index is 0.0710. The highest BCUT2D eigenvalue weighted by Crippen LogP contribution is 2.46. The molecule has 3 unspecified atom stereocenters. The van der Waals surface area contributed by atoms with Crippen molar-refractivity contribution in [2.75, 3.05) is 0 Å². The van der Waals surface area contributed by atoms with Gasteiger partial charge in [0, 0.05) is 5.92 Å². The molecule has 2 aliphatic rings. The van der Waals surface area contributed by atoms with Crippen molar-refractivity contribution in [1.82, 2.24) is 0 Å². The number of Topliss-reactive ketones (excluding diaryl/α,β-unsaturated/α-hetero) is 1. The first-order valence-electron chi connectivity index (χ1n) is 13.1. The Morgan fingerprint density at radius 2 is 1.52 bits per heavy atom. The fraction of sp³-hybridized carbons (Fsp3) is 0.212. The zero-order valence-electron chi connectivity index (χ0n) is 21.4. The van der Waals surface area contributed by atoms with Crippen LogP contribution in [0.25, 0.3) is 0 Å². The van der Waals surface area contributed by atoms with Gasteiger partial charge in [-0.25, -0.2) is 0 Å². The number of esters is 1. The Kier molecular flexibility index (Phi) is 6.66. The molecule has 0 spiro atoms. The number of hydrogen-bond acceptors (Lipinski definition) is 4. The van der Waals surface area contributed by atoms with Crippen LogP contribution in [-0.4, -0.2) is 11.8 Å². The molecule has 1 aliphatic heterocycles. The molecular weight excluding hydrogens is 517 g/mol. The van der Waals surface area contributed by atoms with E-state index in [1.165, 1.54) is 12.1 Å². The topological polar surface area (TPSA) is 52.6 Å². The van der Waals surface area contributed by atoms with E-state index in [4.69, 9.17) is 9.47 Å². The number of benzene rings is 4. The Hall–Kier alpha value is -4.39. The molecule has 6 rings (SSSR count). The summed E-state index contributed by atoms with van der Waals surface area (Å²) in [6.45, 7) is 0.143. The largest absolute Gasteiger partial charge is 0.489 e. The molecule has 1 heterocycles. The maximum atomic E-state index is 13.5. The molecule has 7 heteroatoms. The van der Waals surface area contributed by atoms with Gasteiger partial charge < -0.3 is 9.47 Å².